The van der Waals surface area contributed by atoms with E-state index >= 15 is 0 Å². The number of carbonyl (C=O) groups is 3. The van der Waals surface area contributed by atoms with E-state index in [2.05, 4.69) is 5.32 Å². The molecule has 2 heterocycles. The van der Waals surface area contributed by atoms with Crippen LogP contribution in [0.15, 0.2) is 36.0 Å². The first kappa shape index (κ1) is 15.2. The van der Waals surface area contributed by atoms with Gasteiger partial charge in [0.2, 0.25) is 5.91 Å². The maximum atomic E-state index is 12.2. The molecule has 1 saturated heterocycles. The Hall–Kier alpha value is -2.67. The van der Waals surface area contributed by atoms with Crippen molar-refractivity contribution >= 4 is 29.1 Å². The van der Waals surface area contributed by atoms with Gasteiger partial charge in [-0.05, 0) is 18.6 Å². The second-order valence-corrected chi connectivity index (χ2v) is 5.37. The fourth-order valence-electron chi connectivity index (χ4n) is 2.77. The molecule has 3 amide bonds. The number of nitrogens with zero attached hydrogens (tertiary/aromatic N) is 2. The fraction of sp³-hybridized carbons (Fsp3) is 0.312. The lowest BCUT2D eigenvalue weighted by Gasteiger charge is -2.20. The molecule has 0 atom stereocenters. The molecule has 0 radical (unpaired) electrons. The Bertz CT molecular complexity index is 698. The minimum absolute atomic E-state index is 0.0361. The van der Waals surface area contributed by atoms with Crippen LogP contribution in [0, 0.1) is 0 Å². The molecule has 23 heavy (non-hydrogen) atoms. The van der Waals surface area contributed by atoms with Gasteiger partial charge in [-0.2, -0.15) is 0 Å². The van der Waals surface area contributed by atoms with E-state index in [9.17, 15) is 14.4 Å². The number of carbonyl (C=O) groups excluding carboxylic acids is 3. The SMILES string of the molecule is O=C1C=C(Nc2ccccc2N2CCCC2=O)C(=O)N1CCO. The standard InChI is InChI=1S/C16H17N3O4/c20-9-8-19-15(22)10-12(16(19)23)17-11-4-1-2-5-13(11)18-7-3-6-14(18)21/h1-2,4-5,10,17,20H,3,6-9H2. The summed E-state index contributed by atoms with van der Waals surface area (Å²) in [6, 6.07) is 7.17. The highest BCUT2D eigenvalue weighted by Crippen LogP contribution is 2.31. The largest absolute Gasteiger partial charge is 0.395 e. The molecule has 2 aliphatic rings. The predicted octanol–water partition coefficient (Wildman–Crippen LogP) is 0.470. The molecule has 1 fully saturated rings. The minimum Gasteiger partial charge on any atom is -0.395 e. The molecule has 120 valence electrons. The first-order chi connectivity index (χ1) is 11.1. The zero-order chi connectivity index (χ0) is 16.4. The first-order valence-corrected chi connectivity index (χ1v) is 7.46. The summed E-state index contributed by atoms with van der Waals surface area (Å²) >= 11 is 0. The molecule has 7 heteroatoms. The highest BCUT2D eigenvalue weighted by atomic mass is 16.3. The summed E-state index contributed by atoms with van der Waals surface area (Å²) < 4.78 is 0. The number of nitrogens with one attached hydrogen (secondary N) is 1. The van der Waals surface area contributed by atoms with Crippen molar-refractivity contribution in [3.63, 3.8) is 0 Å². The molecule has 0 saturated carbocycles. The van der Waals surface area contributed by atoms with Crippen molar-refractivity contribution in [1.82, 2.24) is 4.90 Å². The minimum atomic E-state index is -0.480. The number of β-amino-alcohol motifs (C(OH)–C–C–N with tert-alkyl or cyclic N) is 1. The second kappa shape index (κ2) is 6.21. The summed E-state index contributed by atoms with van der Waals surface area (Å²) in [6.45, 7) is 0.323. The van der Waals surface area contributed by atoms with Crippen LogP contribution >= 0.6 is 0 Å². The van der Waals surface area contributed by atoms with E-state index in [4.69, 9.17) is 5.11 Å². The molecule has 0 unspecified atom stereocenters. The van der Waals surface area contributed by atoms with Gasteiger partial charge in [0.15, 0.2) is 0 Å². The topological polar surface area (TPSA) is 90.0 Å². The Morgan fingerprint density at radius 2 is 1.96 bits per heavy atom. The average molecular weight is 315 g/mol. The number of aliphatic hydroxyl groups is 1. The van der Waals surface area contributed by atoms with Gasteiger partial charge >= 0.3 is 0 Å². The zero-order valence-electron chi connectivity index (χ0n) is 12.5. The number of para-hydroxylation sites is 2. The predicted molar refractivity (Wildman–Crippen MR) is 83.5 cm³/mol. The molecular formula is C16H17N3O4. The van der Waals surface area contributed by atoms with Crippen molar-refractivity contribution in [2.45, 2.75) is 12.8 Å². The number of imide groups is 1. The van der Waals surface area contributed by atoms with Crippen LogP contribution in [0.25, 0.3) is 0 Å². The molecule has 1 aromatic carbocycles. The molecule has 0 aromatic heterocycles. The number of hydrogen-bond acceptors (Lipinski definition) is 5. The number of amides is 3. The molecule has 7 nitrogen and oxygen atoms in total. The van der Waals surface area contributed by atoms with Gasteiger partial charge in [0, 0.05) is 19.0 Å². The lowest BCUT2D eigenvalue weighted by Crippen LogP contribution is -2.34. The molecule has 2 N–H and O–H groups in total. The Kier molecular flexibility index (Phi) is 4.12. The third-order valence-corrected chi connectivity index (χ3v) is 3.87. The van der Waals surface area contributed by atoms with E-state index in [0.717, 1.165) is 11.3 Å². The molecule has 3 rings (SSSR count). The number of aliphatic hydroxyl groups excluding tert-OH is 1. The Morgan fingerprint density at radius 1 is 1.17 bits per heavy atom. The fourth-order valence-corrected chi connectivity index (χ4v) is 2.77. The maximum absolute atomic E-state index is 12.2. The smallest absolute Gasteiger partial charge is 0.277 e. The van der Waals surface area contributed by atoms with Gasteiger partial charge in [-0.15, -0.1) is 0 Å². The van der Waals surface area contributed by atoms with Crippen molar-refractivity contribution in [3.05, 3.63) is 36.0 Å². The van der Waals surface area contributed by atoms with Crippen molar-refractivity contribution in [2.24, 2.45) is 0 Å². The van der Waals surface area contributed by atoms with Gasteiger partial charge < -0.3 is 15.3 Å². The van der Waals surface area contributed by atoms with E-state index in [1.54, 1.807) is 23.1 Å². The van der Waals surface area contributed by atoms with Crippen molar-refractivity contribution in [3.8, 4) is 0 Å². The summed E-state index contributed by atoms with van der Waals surface area (Å²) in [5, 5.41) is 11.9. The van der Waals surface area contributed by atoms with E-state index in [1.165, 1.54) is 6.08 Å². The number of anilines is 2. The van der Waals surface area contributed by atoms with Crippen LogP contribution in [-0.2, 0) is 14.4 Å². The van der Waals surface area contributed by atoms with E-state index in [-0.39, 0.29) is 24.8 Å². The third-order valence-electron chi connectivity index (χ3n) is 3.87. The lowest BCUT2D eigenvalue weighted by atomic mass is 10.2. The van der Waals surface area contributed by atoms with E-state index in [1.807, 2.05) is 6.07 Å². The van der Waals surface area contributed by atoms with Gasteiger partial charge in [-0.25, -0.2) is 0 Å². The maximum Gasteiger partial charge on any atom is 0.277 e. The summed E-state index contributed by atoms with van der Waals surface area (Å²) in [4.78, 5) is 38.6. The quantitative estimate of drug-likeness (QED) is 0.771. The highest BCUT2D eigenvalue weighted by Gasteiger charge is 2.31. The van der Waals surface area contributed by atoms with Crippen molar-refractivity contribution in [2.75, 3.05) is 29.9 Å². The lowest BCUT2D eigenvalue weighted by molar-refractivity contribution is -0.137. The van der Waals surface area contributed by atoms with Gasteiger partial charge in [0.05, 0.1) is 24.5 Å². The summed E-state index contributed by atoms with van der Waals surface area (Å²) in [6.07, 6.45) is 2.52. The van der Waals surface area contributed by atoms with Crippen LogP contribution in [-0.4, -0.2) is 47.4 Å². The molecule has 1 aromatic rings. The zero-order valence-corrected chi connectivity index (χ0v) is 12.5. The Morgan fingerprint density at radius 3 is 2.65 bits per heavy atom. The monoisotopic (exact) mass is 315 g/mol. The Balaban J connectivity index is 1.84. The highest BCUT2D eigenvalue weighted by molar-refractivity contribution is 6.17. The summed E-state index contributed by atoms with van der Waals surface area (Å²) in [5.41, 5.74) is 1.43. The van der Waals surface area contributed by atoms with E-state index in [0.29, 0.717) is 24.3 Å². The van der Waals surface area contributed by atoms with Crippen LogP contribution < -0.4 is 10.2 Å². The summed E-state index contributed by atoms with van der Waals surface area (Å²) in [5.74, 6) is -0.892. The van der Waals surface area contributed by atoms with Crippen LogP contribution in [0.3, 0.4) is 0 Å². The average Bonchev–Trinajstić information content (AvgIpc) is 3.07. The summed E-state index contributed by atoms with van der Waals surface area (Å²) in [7, 11) is 0. The van der Waals surface area contributed by atoms with Crippen molar-refractivity contribution < 1.29 is 19.5 Å². The van der Waals surface area contributed by atoms with Crippen LogP contribution in [0.4, 0.5) is 11.4 Å². The van der Waals surface area contributed by atoms with Crippen LogP contribution in [0.5, 0.6) is 0 Å². The van der Waals surface area contributed by atoms with E-state index < -0.39 is 11.8 Å². The molecule has 0 aliphatic carbocycles. The molecule has 0 bridgehead atoms. The number of hydrogen-bond donors (Lipinski definition) is 2. The number of rotatable bonds is 5. The Labute approximate surface area is 133 Å². The van der Waals surface area contributed by atoms with Gasteiger partial charge in [-0.1, -0.05) is 12.1 Å². The van der Waals surface area contributed by atoms with Crippen LogP contribution in [0.1, 0.15) is 12.8 Å². The third kappa shape index (κ3) is 2.83. The van der Waals surface area contributed by atoms with Crippen molar-refractivity contribution in [1.29, 1.82) is 0 Å². The van der Waals surface area contributed by atoms with Gasteiger partial charge in [-0.3, -0.25) is 19.3 Å². The van der Waals surface area contributed by atoms with Crippen LogP contribution in [0.2, 0.25) is 0 Å². The first-order valence-electron chi connectivity index (χ1n) is 7.46. The second-order valence-electron chi connectivity index (χ2n) is 5.37. The van der Waals surface area contributed by atoms with Gasteiger partial charge in [0.25, 0.3) is 11.8 Å². The molecule has 0 spiro atoms. The normalized spacial score (nSPS) is 18.0. The molecular weight excluding hydrogens is 298 g/mol. The van der Waals surface area contributed by atoms with Gasteiger partial charge in [0.1, 0.15) is 5.70 Å². The number of benzene rings is 1. The molecule has 2 aliphatic heterocycles.